The third-order valence-corrected chi connectivity index (χ3v) is 4.16. The molecule has 0 atom stereocenters. The molecule has 0 saturated heterocycles. The fourth-order valence-corrected chi connectivity index (χ4v) is 2.78. The smallest absolute Gasteiger partial charge is 0.417 e. The maximum atomic E-state index is 13.1. The van der Waals surface area contributed by atoms with E-state index in [0.29, 0.717) is 11.3 Å². The summed E-state index contributed by atoms with van der Waals surface area (Å²) in [6.07, 6.45) is -5.26. The highest BCUT2D eigenvalue weighted by molar-refractivity contribution is 5.96. The number of carbonyl (C=O) groups is 3. The summed E-state index contributed by atoms with van der Waals surface area (Å²) in [6, 6.07) is 11.1. The number of ether oxygens (including phenoxy) is 1. The highest BCUT2D eigenvalue weighted by Gasteiger charge is 2.34. The van der Waals surface area contributed by atoms with Crippen LogP contribution in [0.5, 0.6) is 0 Å². The highest BCUT2D eigenvalue weighted by Crippen LogP contribution is 2.31. The van der Waals surface area contributed by atoms with E-state index in [9.17, 15) is 27.6 Å². The van der Waals surface area contributed by atoms with Crippen LogP contribution in [-0.2, 0) is 22.3 Å². The normalized spacial score (nSPS) is 11.5. The van der Waals surface area contributed by atoms with Gasteiger partial charge in [-0.15, -0.1) is 0 Å². The van der Waals surface area contributed by atoms with Crippen molar-refractivity contribution >= 4 is 23.6 Å². The van der Waals surface area contributed by atoms with Crippen molar-refractivity contribution in [3.8, 4) is 0 Å². The summed E-state index contributed by atoms with van der Waals surface area (Å²) in [4.78, 5) is 36.0. The van der Waals surface area contributed by atoms with Gasteiger partial charge >= 0.3 is 12.3 Å². The second-order valence-electron chi connectivity index (χ2n) is 8.15. The van der Waals surface area contributed by atoms with Gasteiger partial charge in [-0.1, -0.05) is 24.3 Å². The van der Waals surface area contributed by atoms with Crippen molar-refractivity contribution in [3.63, 3.8) is 0 Å². The highest BCUT2D eigenvalue weighted by atomic mass is 19.4. The minimum atomic E-state index is -4.64. The van der Waals surface area contributed by atoms with Crippen molar-refractivity contribution < 1.29 is 32.3 Å². The first-order valence-corrected chi connectivity index (χ1v) is 10.2. The van der Waals surface area contributed by atoms with E-state index in [-0.39, 0.29) is 25.4 Å². The molecule has 0 fully saturated rings. The first kappa shape index (κ1) is 25.7. The Morgan fingerprint density at radius 1 is 0.939 bits per heavy atom. The van der Waals surface area contributed by atoms with Crippen molar-refractivity contribution in [2.24, 2.45) is 0 Å². The zero-order chi connectivity index (χ0) is 24.6. The van der Waals surface area contributed by atoms with Gasteiger partial charge in [0, 0.05) is 25.2 Å². The Bertz CT molecular complexity index is 1000. The maximum absolute atomic E-state index is 13.1. The molecule has 0 aliphatic rings. The van der Waals surface area contributed by atoms with Crippen molar-refractivity contribution in [1.82, 2.24) is 10.6 Å². The van der Waals surface area contributed by atoms with Gasteiger partial charge in [0.05, 0.1) is 11.1 Å². The molecular weight excluding hydrogens is 439 g/mol. The number of anilines is 1. The molecular formula is C23H26F3N3O4. The van der Waals surface area contributed by atoms with Gasteiger partial charge in [0.25, 0.3) is 5.91 Å². The van der Waals surface area contributed by atoms with Crippen molar-refractivity contribution in [2.45, 2.75) is 45.5 Å². The number of alkyl halides is 3. The molecule has 0 radical (unpaired) electrons. The van der Waals surface area contributed by atoms with Gasteiger partial charge in [0.15, 0.2) is 0 Å². The Kier molecular flexibility index (Phi) is 8.44. The Labute approximate surface area is 189 Å². The van der Waals surface area contributed by atoms with Crippen molar-refractivity contribution in [2.75, 3.05) is 11.9 Å². The zero-order valence-corrected chi connectivity index (χ0v) is 18.5. The molecule has 0 aliphatic carbocycles. The van der Waals surface area contributed by atoms with Crippen LogP contribution in [0.3, 0.4) is 0 Å². The lowest BCUT2D eigenvalue weighted by Gasteiger charge is -2.19. The monoisotopic (exact) mass is 465 g/mol. The number of hydrogen-bond donors (Lipinski definition) is 3. The van der Waals surface area contributed by atoms with Crippen LogP contribution in [0, 0.1) is 0 Å². The van der Waals surface area contributed by atoms with Gasteiger partial charge in [-0.25, -0.2) is 4.79 Å². The molecule has 0 aliphatic heterocycles. The standard InChI is InChI=1S/C23H26F3N3O4/c1-22(2,3)33-21(32)27-12-11-19(30)29-16-8-6-7-15(13-16)14-28-20(31)17-9-4-5-10-18(17)23(24,25)26/h4-10,13H,11-12,14H2,1-3H3,(H,27,32)(H,28,31)(H,29,30). The van der Waals surface area contributed by atoms with E-state index in [0.717, 1.165) is 12.1 Å². The van der Waals surface area contributed by atoms with Crippen LogP contribution in [0.2, 0.25) is 0 Å². The lowest BCUT2D eigenvalue weighted by molar-refractivity contribution is -0.138. The molecule has 0 saturated carbocycles. The summed E-state index contributed by atoms with van der Waals surface area (Å²) in [5.74, 6) is -1.21. The van der Waals surface area contributed by atoms with Gasteiger partial charge in [0.1, 0.15) is 5.60 Å². The minimum absolute atomic E-state index is 0.00837. The Balaban J connectivity index is 1.88. The first-order chi connectivity index (χ1) is 15.3. The molecule has 2 aromatic carbocycles. The lowest BCUT2D eigenvalue weighted by Crippen LogP contribution is -2.34. The number of alkyl carbamates (subject to hydrolysis) is 1. The van der Waals surface area contributed by atoms with Gasteiger partial charge in [-0.3, -0.25) is 9.59 Å². The molecule has 3 amide bonds. The number of carbonyl (C=O) groups excluding carboxylic acids is 3. The van der Waals surface area contributed by atoms with Crippen LogP contribution in [0.1, 0.15) is 48.7 Å². The molecule has 0 unspecified atom stereocenters. The quantitative estimate of drug-likeness (QED) is 0.562. The largest absolute Gasteiger partial charge is 0.444 e. The molecule has 7 nitrogen and oxygen atoms in total. The second kappa shape index (κ2) is 10.8. The average Bonchev–Trinajstić information content (AvgIpc) is 2.70. The summed E-state index contributed by atoms with van der Waals surface area (Å²) >= 11 is 0. The van der Waals surface area contributed by atoms with Crippen molar-refractivity contribution in [3.05, 3.63) is 65.2 Å². The van der Waals surface area contributed by atoms with Crippen LogP contribution in [0.15, 0.2) is 48.5 Å². The summed E-state index contributed by atoms with van der Waals surface area (Å²) in [6.45, 7) is 5.22. The van der Waals surface area contributed by atoms with E-state index in [4.69, 9.17) is 4.74 Å². The number of rotatable bonds is 7. The van der Waals surface area contributed by atoms with E-state index in [2.05, 4.69) is 16.0 Å². The molecule has 0 bridgehead atoms. The fourth-order valence-electron chi connectivity index (χ4n) is 2.78. The van der Waals surface area contributed by atoms with Gasteiger partial charge in [-0.2, -0.15) is 13.2 Å². The second-order valence-corrected chi connectivity index (χ2v) is 8.15. The molecule has 0 aromatic heterocycles. The zero-order valence-electron chi connectivity index (χ0n) is 18.5. The van der Waals surface area contributed by atoms with Crippen LogP contribution >= 0.6 is 0 Å². The number of hydrogen-bond acceptors (Lipinski definition) is 4. The van der Waals surface area contributed by atoms with E-state index >= 15 is 0 Å². The average molecular weight is 465 g/mol. The molecule has 178 valence electrons. The fraction of sp³-hybridized carbons (Fsp3) is 0.348. The van der Waals surface area contributed by atoms with Crippen LogP contribution in [0.25, 0.3) is 0 Å². The molecule has 2 rings (SSSR count). The summed E-state index contributed by atoms with van der Waals surface area (Å²) in [5.41, 5.74) is -1.09. The maximum Gasteiger partial charge on any atom is 0.417 e. The summed E-state index contributed by atoms with van der Waals surface area (Å²) in [5, 5.41) is 7.60. The van der Waals surface area contributed by atoms with Gasteiger partial charge in [0.2, 0.25) is 5.91 Å². The van der Waals surface area contributed by atoms with E-state index < -0.39 is 34.9 Å². The molecule has 0 spiro atoms. The molecule has 3 N–H and O–H groups in total. The van der Waals surface area contributed by atoms with E-state index in [1.165, 1.54) is 12.1 Å². The van der Waals surface area contributed by atoms with Crippen LogP contribution < -0.4 is 16.0 Å². The minimum Gasteiger partial charge on any atom is -0.444 e. The number of amides is 3. The number of nitrogens with one attached hydrogen (secondary N) is 3. The number of benzene rings is 2. The molecule has 10 heteroatoms. The van der Waals surface area contributed by atoms with Crippen LogP contribution in [-0.4, -0.2) is 30.1 Å². The molecule has 0 heterocycles. The molecule has 33 heavy (non-hydrogen) atoms. The third kappa shape index (κ3) is 8.83. The Morgan fingerprint density at radius 3 is 2.30 bits per heavy atom. The Morgan fingerprint density at radius 2 is 1.64 bits per heavy atom. The predicted molar refractivity (Wildman–Crippen MR) is 117 cm³/mol. The van der Waals surface area contributed by atoms with Gasteiger partial charge in [-0.05, 0) is 50.6 Å². The van der Waals surface area contributed by atoms with E-state index in [1.54, 1.807) is 45.0 Å². The topological polar surface area (TPSA) is 96.5 Å². The SMILES string of the molecule is CC(C)(C)OC(=O)NCCC(=O)Nc1cccc(CNC(=O)c2ccccc2C(F)(F)F)c1. The summed E-state index contributed by atoms with van der Waals surface area (Å²) < 4.78 is 44.4. The van der Waals surface area contributed by atoms with Gasteiger partial charge < -0.3 is 20.7 Å². The van der Waals surface area contributed by atoms with Crippen molar-refractivity contribution in [1.29, 1.82) is 0 Å². The predicted octanol–water partition coefficient (Wildman–Crippen LogP) is 4.49. The molecule has 2 aromatic rings. The lowest BCUT2D eigenvalue weighted by atomic mass is 10.1. The van der Waals surface area contributed by atoms with Crippen LogP contribution in [0.4, 0.5) is 23.7 Å². The Hall–Kier alpha value is -3.56. The third-order valence-electron chi connectivity index (χ3n) is 4.16. The van der Waals surface area contributed by atoms with E-state index in [1.807, 2.05) is 0 Å². The first-order valence-electron chi connectivity index (χ1n) is 10.2. The summed E-state index contributed by atoms with van der Waals surface area (Å²) in [7, 11) is 0. The number of halogens is 3.